The van der Waals surface area contributed by atoms with E-state index in [0.29, 0.717) is 28.7 Å². The molecule has 0 aromatic heterocycles. The van der Waals surface area contributed by atoms with Gasteiger partial charge in [-0.2, -0.15) is 4.99 Å². The zero-order valence-corrected chi connectivity index (χ0v) is 18.4. The number of aliphatic imine (C=N–C) groups is 1. The Balaban J connectivity index is 1.52. The van der Waals surface area contributed by atoms with Crippen molar-refractivity contribution in [2.75, 3.05) is 18.1 Å². The van der Waals surface area contributed by atoms with Crippen LogP contribution in [0.25, 0.3) is 0 Å². The molecule has 2 heterocycles. The Morgan fingerprint density at radius 2 is 1.90 bits per heavy atom. The second-order valence-corrected chi connectivity index (χ2v) is 11.2. The van der Waals surface area contributed by atoms with E-state index < -0.39 is 9.84 Å². The van der Waals surface area contributed by atoms with E-state index in [4.69, 9.17) is 11.6 Å². The Bertz CT molecular complexity index is 1090. The van der Waals surface area contributed by atoms with Crippen LogP contribution in [0.2, 0.25) is 5.02 Å². The van der Waals surface area contributed by atoms with Crippen molar-refractivity contribution in [2.45, 2.75) is 24.1 Å². The SMILES string of the molecule is O=C(Cc1ccccc1Cl)N=C1S[C@@H]2CS(=O)(=O)C[C@@H]2N1CCc1ccc(F)cc1. The third-order valence-corrected chi connectivity index (χ3v) is 8.87. The summed E-state index contributed by atoms with van der Waals surface area (Å²) in [7, 11) is -3.10. The van der Waals surface area contributed by atoms with Crippen LogP contribution < -0.4 is 0 Å². The second-order valence-electron chi connectivity index (χ2n) is 7.43. The molecule has 0 saturated carbocycles. The molecule has 1 amide bonds. The number of thioether (sulfide) groups is 1. The monoisotopic (exact) mass is 466 g/mol. The highest BCUT2D eigenvalue weighted by atomic mass is 35.5. The molecule has 0 bridgehead atoms. The highest BCUT2D eigenvalue weighted by Gasteiger charge is 2.48. The van der Waals surface area contributed by atoms with Crippen LogP contribution in [0.4, 0.5) is 4.39 Å². The van der Waals surface area contributed by atoms with Crippen molar-refractivity contribution in [3.05, 3.63) is 70.5 Å². The molecule has 0 unspecified atom stereocenters. The normalized spacial score (nSPS) is 23.7. The molecule has 2 fully saturated rings. The summed E-state index contributed by atoms with van der Waals surface area (Å²) in [4.78, 5) is 18.8. The van der Waals surface area contributed by atoms with Crippen molar-refractivity contribution in [2.24, 2.45) is 4.99 Å². The smallest absolute Gasteiger partial charge is 0.252 e. The number of halogens is 2. The first-order valence-electron chi connectivity index (χ1n) is 9.54. The van der Waals surface area contributed by atoms with Gasteiger partial charge in [0.05, 0.1) is 24.0 Å². The van der Waals surface area contributed by atoms with Crippen molar-refractivity contribution in [3.8, 4) is 0 Å². The standard InChI is InChI=1S/C21H20ClFN2O3S2/c22-17-4-2-1-3-15(17)11-20(26)24-21-25(10-9-14-5-7-16(23)8-6-14)18-12-30(27,28)13-19(18)29-21/h1-8,18-19H,9-13H2/t18-,19+/m0/s1. The van der Waals surface area contributed by atoms with Crippen molar-refractivity contribution >= 4 is 44.3 Å². The lowest BCUT2D eigenvalue weighted by Crippen LogP contribution is -2.39. The molecular formula is C21H20ClFN2O3S2. The van der Waals surface area contributed by atoms with E-state index in [0.717, 1.165) is 5.56 Å². The predicted octanol–water partition coefficient (Wildman–Crippen LogP) is 3.36. The van der Waals surface area contributed by atoms with Crippen LogP contribution in [0.15, 0.2) is 53.5 Å². The Morgan fingerprint density at radius 1 is 1.17 bits per heavy atom. The van der Waals surface area contributed by atoms with Crippen LogP contribution >= 0.6 is 23.4 Å². The van der Waals surface area contributed by atoms with E-state index >= 15 is 0 Å². The quantitative estimate of drug-likeness (QED) is 0.676. The lowest BCUT2D eigenvalue weighted by Gasteiger charge is -2.24. The molecule has 2 aromatic carbocycles. The minimum atomic E-state index is -3.10. The minimum absolute atomic E-state index is 0.0613. The Labute approximate surface area is 184 Å². The first kappa shape index (κ1) is 21.3. The number of benzene rings is 2. The van der Waals surface area contributed by atoms with Crippen LogP contribution in [-0.2, 0) is 27.5 Å². The van der Waals surface area contributed by atoms with Crippen LogP contribution in [0.3, 0.4) is 0 Å². The number of nitrogens with zero attached hydrogens (tertiary/aromatic N) is 2. The van der Waals surface area contributed by atoms with Gasteiger partial charge >= 0.3 is 0 Å². The molecule has 0 spiro atoms. The average molecular weight is 467 g/mol. The van der Waals surface area contributed by atoms with Crippen molar-refractivity contribution in [1.82, 2.24) is 4.90 Å². The van der Waals surface area contributed by atoms with Gasteiger partial charge in [0.2, 0.25) is 0 Å². The van der Waals surface area contributed by atoms with Gasteiger partial charge in [-0.25, -0.2) is 12.8 Å². The second kappa shape index (κ2) is 8.69. The molecule has 4 rings (SSSR count). The molecule has 0 N–H and O–H groups in total. The summed E-state index contributed by atoms with van der Waals surface area (Å²) in [5, 5.41) is 0.940. The molecule has 0 radical (unpaired) electrons. The number of hydrogen-bond acceptors (Lipinski definition) is 4. The van der Waals surface area contributed by atoms with Gasteiger partial charge in [-0.15, -0.1) is 0 Å². The third kappa shape index (κ3) is 4.87. The van der Waals surface area contributed by atoms with Gasteiger partial charge in [-0.1, -0.05) is 53.7 Å². The van der Waals surface area contributed by atoms with Crippen LogP contribution in [-0.4, -0.2) is 53.7 Å². The third-order valence-electron chi connectivity index (χ3n) is 5.25. The van der Waals surface area contributed by atoms with Gasteiger partial charge in [0.25, 0.3) is 5.91 Å². The zero-order chi connectivity index (χ0) is 21.3. The fourth-order valence-corrected chi connectivity index (χ4v) is 7.95. The number of carbonyl (C=O) groups is 1. The topological polar surface area (TPSA) is 66.8 Å². The molecular weight excluding hydrogens is 447 g/mol. The fraction of sp³-hybridized carbons (Fsp3) is 0.333. The van der Waals surface area contributed by atoms with Crippen molar-refractivity contribution in [3.63, 3.8) is 0 Å². The van der Waals surface area contributed by atoms with Gasteiger partial charge in [0.15, 0.2) is 15.0 Å². The summed E-state index contributed by atoms with van der Waals surface area (Å²) in [5.41, 5.74) is 1.64. The van der Waals surface area contributed by atoms with E-state index in [-0.39, 0.29) is 40.9 Å². The maximum Gasteiger partial charge on any atom is 0.252 e. The summed E-state index contributed by atoms with van der Waals surface area (Å²) in [6.45, 7) is 0.507. The van der Waals surface area contributed by atoms with Gasteiger partial charge in [0.1, 0.15) is 5.82 Å². The summed E-state index contributed by atoms with van der Waals surface area (Å²) in [6.07, 6.45) is 0.686. The van der Waals surface area contributed by atoms with Crippen LogP contribution in [0.1, 0.15) is 11.1 Å². The first-order valence-corrected chi connectivity index (χ1v) is 12.6. The molecule has 5 nitrogen and oxygen atoms in total. The maximum absolute atomic E-state index is 13.2. The summed E-state index contributed by atoms with van der Waals surface area (Å²) in [6, 6.07) is 13.2. The summed E-state index contributed by atoms with van der Waals surface area (Å²) < 4.78 is 37.4. The molecule has 0 aliphatic carbocycles. The average Bonchev–Trinajstić information content (AvgIpc) is 3.14. The van der Waals surface area contributed by atoms with Gasteiger partial charge in [-0.05, 0) is 35.7 Å². The number of amidine groups is 1. The Hall–Kier alpha value is -1.90. The number of fused-ring (bicyclic) bond motifs is 1. The van der Waals surface area contributed by atoms with E-state index in [1.807, 2.05) is 11.0 Å². The number of amides is 1. The van der Waals surface area contributed by atoms with Crippen LogP contribution in [0, 0.1) is 5.82 Å². The largest absolute Gasteiger partial charge is 0.346 e. The highest BCUT2D eigenvalue weighted by molar-refractivity contribution is 8.15. The molecule has 2 aliphatic heterocycles. The first-order chi connectivity index (χ1) is 14.3. The van der Waals surface area contributed by atoms with E-state index in [1.165, 1.54) is 23.9 Å². The lowest BCUT2D eigenvalue weighted by atomic mass is 10.1. The van der Waals surface area contributed by atoms with E-state index in [1.54, 1.807) is 30.3 Å². The minimum Gasteiger partial charge on any atom is -0.346 e. The molecule has 2 aliphatic rings. The van der Waals surface area contributed by atoms with Gasteiger partial charge in [-0.3, -0.25) is 4.79 Å². The van der Waals surface area contributed by atoms with E-state index in [9.17, 15) is 17.6 Å². The zero-order valence-electron chi connectivity index (χ0n) is 16.0. The Kier molecular flexibility index (Phi) is 6.18. The molecule has 158 valence electrons. The molecule has 2 saturated heterocycles. The predicted molar refractivity (Wildman–Crippen MR) is 118 cm³/mol. The molecule has 9 heteroatoms. The van der Waals surface area contributed by atoms with Crippen LogP contribution in [0.5, 0.6) is 0 Å². The summed E-state index contributed by atoms with van der Waals surface area (Å²) >= 11 is 7.50. The molecule has 2 atom stereocenters. The lowest BCUT2D eigenvalue weighted by molar-refractivity contribution is -0.117. The number of hydrogen-bond donors (Lipinski definition) is 0. The molecule has 30 heavy (non-hydrogen) atoms. The molecule has 2 aromatic rings. The number of sulfone groups is 1. The maximum atomic E-state index is 13.2. The summed E-state index contributed by atoms with van der Waals surface area (Å²) in [5.74, 6) is -0.469. The van der Waals surface area contributed by atoms with E-state index in [2.05, 4.69) is 4.99 Å². The Morgan fingerprint density at radius 3 is 2.63 bits per heavy atom. The van der Waals surface area contributed by atoms with Gasteiger partial charge < -0.3 is 4.90 Å². The number of carbonyl (C=O) groups excluding carboxylic acids is 1. The number of rotatable bonds is 5. The fourth-order valence-electron chi connectivity index (χ4n) is 3.75. The van der Waals surface area contributed by atoms with Gasteiger partial charge in [0, 0.05) is 16.8 Å². The van der Waals surface area contributed by atoms with Crippen molar-refractivity contribution in [1.29, 1.82) is 0 Å². The van der Waals surface area contributed by atoms with Crippen molar-refractivity contribution < 1.29 is 17.6 Å². The highest BCUT2D eigenvalue weighted by Crippen LogP contribution is 2.38.